The molecule has 0 aliphatic carbocycles. The first-order valence-corrected chi connectivity index (χ1v) is 34.3. The first-order valence-electron chi connectivity index (χ1n) is 30.5. The van der Waals surface area contributed by atoms with Gasteiger partial charge in [0.25, 0.3) is 0 Å². The zero-order valence-corrected chi connectivity index (χ0v) is 56.7. The Labute approximate surface area is 564 Å². The molecule has 7 aliphatic heterocycles. The summed E-state index contributed by atoms with van der Waals surface area (Å²) in [5.74, 6) is 4.00. The molecule has 4 fully saturated rings. The zero-order chi connectivity index (χ0) is 68.3. The number of benzene rings is 6. The third-order valence-corrected chi connectivity index (χ3v) is 16.5. The average Bonchev–Trinajstić information content (AvgIpc) is 1.14. The highest BCUT2D eigenvalue weighted by Crippen LogP contribution is 2.52. The highest BCUT2D eigenvalue weighted by atomic mass is 36.0. The summed E-state index contributed by atoms with van der Waals surface area (Å²) in [6.07, 6.45) is -5.63. The van der Waals surface area contributed by atoms with E-state index in [2.05, 4.69) is 36.3 Å². The van der Waals surface area contributed by atoms with Crippen LogP contribution in [0.15, 0.2) is 151 Å². The third-order valence-electron chi connectivity index (χ3n) is 15.7. The third kappa shape index (κ3) is 16.4. The Morgan fingerprint density at radius 3 is 1.13 bits per heavy atom. The van der Waals surface area contributed by atoms with Gasteiger partial charge in [-0.25, -0.2) is 18.6 Å². The van der Waals surface area contributed by atoms with Gasteiger partial charge in [0.1, 0.15) is 35.1 Å². The van der Waals surface area contributed by atoms with Crippen molar-refractivity contribution in [1.29, 1.82) is 0 Å². The first kappa shape index (κ1) is 69.7. The minimum atomic E-state index is -1.87. The number of aliphatic hydroxyl groups excluding tert-OH is 3. The maximum Gasteiger partial charge on any atom is 0.410 e. The second-order valence-corrected chi connectivity index (χ2v) is 29.3. The quantitative estimate of drug-likeness (QED) is 0.0486. The maximum atomic E-state index is 12.9. The van der Waals surface area contributed by atoms with Gasteiger partial charge >= 0.3 is 29.6 Å². The van der Waals surface area contributed by atoms with Gasteiger partial charge in [0.15, 0.2) is 34.5 Å². The van der Waals surface area contributed by atoms with E-state index in [9.17, 15) is 33.9 Å². The fourth-order valence-corrected chi connectivity index (χ4v) is 12.8. The largest absolute Gasteiger partial charge is 0.453 e. The minimum Gasteiger partial charge on any atom is -0.453 e. The lowest BCUT2D eigenvalue weighted by molar-refractivity contribution is -0.0563. The van der Waals surface area contributed by atoms with Gasteiger partial charge in [0, 0.05) is 52.5 Å². The molecule has 1 unspecified atom stereocenters. The number of anilines is 6. The predicted octanol–water partition coefficient (Wildman–Crippen LogP) is 12.8. The number of hydrogen-bond acceptors (Lipinski definition) is 20. The molecule has 506 valence electrons. The molecular weight excluding hydrogens is 1310 g/mol. The van der Waals surface area contributed by atoms with E-state index in [4.69, 9.17) is 46.5 Å². The molecule has 7 aliphatic rings. The lowest BCUT2D eigenvalue weighted by Gasteiger charge is -2.47. The van der Waals surface area contributed by atoms with Crippen molar-refractivity contribution >= 4 is 94.4 Å². The predicted molar refractivity (Wildman–Crippen MR) is 359 cm³/mol. The van der Waals surface area contributed by atoms with Crippen LogP contribution < -0.4 is 28.9 Å². The number of para-hydroxylation sites is 12. The van der Waals surface area contributed by atoms with Crippen LogP contribution in [-0.4, -0.2) is 167 Å². The number of rotatable bonds is 4. The second kappa shape index (κ2) is 29.1. The molecule has 10 atom stereocenters. The number of hydrogen-bond donors (Lipinski definition) is 3. The number of piperidine rings is 3. The summed E-state index contributed by atoms with van der Waals surface area (Å²) in [4.78, 5) is 51.8. The van der Waals surface area contributed by atoms with E-state index in [1.165, 1.54) is 9.80 Å². The van der Waals surface area contributed by atoms with Gasteiger partial charge in [-0.05, 0) is 141 Å². The normalized spacial score (nSPS) is 23.8. The van der Waals surface area contributed by atoms with E-state index < -0.39 is 104 Å². The van der Waals surface area contributed by atoms with Crippen molar-refractivity contribution in [3.63, 3.8) is 0 Å². The standard InChI is InChI=1S/C22H25N5O4.C22H24N2O6S.C22H26N2O5.Cl2OS/c1-22(2,3)31-21(29)26-12-14(24-25-23)20(28)17(13-26)27-15-8-4-6-10-18(15)30-19-11-7-5-9-16(19)27;1-22(2,3)28-21(25)23-12-16(20-19(13-23)29-31(26)30-20)24-14-8-4-6-10-17(14)27-18-11-7-5-9-15(18)24;1-22(2,3)29-21(27)23-12-16(20(26)17(25)13-23)24-14-8-4-6-10-18(14)28-19-11-7-5-9-15(19)24;1-4(2)3/h4-11,14,17,20,28H,12-13H2,1-3H3;4-11,16,19-20H,12-13H2,1-3H3;4-11,16-17,20,25-26H,12-13H2,1-3H3;/t14-,17+,20+;16-,19-,20+,31?;16-,17-,20+;/m100./s1. The van der Waals surface area contributed by atoms with Crippen molar-refractivity contribution in [2.45, 2.75) is 134 Å². The Bertz CT molecular complexity index is 3730. The van der Waals surface area contributed by atoms with Crippen LogP contribution in [0, 0.1) is 0 Å². The number of carbonyl (C=O) groups excluding carboxylic acids is 3. The molecule has 0 radical (unpaired) electrons. The van der Waals surface area contributed by atoms with Gasteiger partial charge in [-0.15, -0.1) is 0 Å². The number of azide groups is 1. The summed E-state index contributed by atoms with van der Waals surface area (Å²) in [6.45, 7) is 17.3. The number of aliphatic hydroxyl groups is 3. The monoisotopic (exact) mass is 1380 g/mol. The average molecular weight is 1390 g/mol. The molecule has 0 saturated carbocycles. The molecule has 6 aromatic rings. The Morgan fingerprint density at radius 2 is 0.789 bits per heavy atom. The maximum absolute atomic E-state index is 12.9. The van der Waals surface area contributed by atoms with E-state index in [0.29, 0.717) is 41.0 Å². The van der Waals surface area contributed by atoms with E-state index >= 15 is 0 Å². The highest BCUT2D eigenvalue weighted by Gasteiger charge is 2.52. The summed E-state index contributed by atoms with van der Waals surface area (Å²) in [5.41, 5.74) is 11.8. The minimum absolute atomic E-state index is 0.0141. The molecule has 29 heteroatoms. The number of halogens is 2. The van der Waals surface area contributed by atoms with E-state index in [1.54, 1.807) is 46.4 Å². The molecule has 4 saturated heterocycles. The molecule has 0 spiro atoms. The fourth-order valence-electron chi connectivity index (χ4n) is 12.0. The molecule has 0 bridgehead atoms. The number of likely N-dealkylation sites (tertiary alicyclic amines) is 3. The van der Waals surface area contributed by atoms with Crippen LogP contribution in [0.3, 0.4) is 0 Å². The number of fused-ring (bicyclic) bond motifs is 7. The zero-order valence-electron chi connectivity index (χ0n) is 53.5. The molecule has 6 aromatic carbocycles. The van der Waals surface area contributed by atoms with Crippen molar-refractivity contribution in [2.24, 2.45) is 5.11 Å². The van der Waals surface area contributed by atoms with E-state index in [-0.39, 0.29) is 38.8 Å². The Morgan fingerprint density at radius 1 is 0.495 bits per heavy atom. The van der Waals surface area contributed by atoms with Crippen molar-refractivity contribution in [3.05, 3.63) is 156 Å². The van der Waals surface area contributed by atoms with Crippen LogP contribution in [0.5, 0.6) is 34.5 Å². The topological polar surface area (TPSA) is 288 Å². The van der Waals surface area contributed by atoms with Crippen molar-refractivity contribution < 1.29 is 74.9 Å². The molecule has 3 amide bonds. The van der Waals surface area contributed by atoms with Crippen molar-refractivity contribution in [2.75, 3.05) is 54.0 Å². The van der Waals surface area contributed by atoms with Crippen LogP contribution in [0.1, 0.15) is 62.3 Å². The Hall–Kier alpha value is -8.08. The summed E-state index contributed by atoms with van der Waals surface area (Å²) in [5, 5.41) is 36.3. The van der Waals surface area contributed by atoms with Gasteiger partial charge < -0.3 is 73.1 Å². The van der Waals surface area contributed by atoms with Gasteiger partial charge in [-0.2, -0.15) is 4.21 Å². The fraction of sp³-hybridized carbons (Fsp3) is 0.409. The van der Waals surface area contributed by atoms with Gasteiger partial charge in [0.05, 0.1) is 83.6 Å². The summed E-state index contributed by atoms with van der Waals surface area (Å²) < 4.78 is 67.2. The van der Waals surface area contributed by atoms with Crippen LogP contribution in [-0.2, 0) is 43.2 Å². The molecule has 95 heavy (non-hydrogen) atoms. The lowest BCUT2D eigenvalue weighted by Crippen LogP contribution is -2.62. The number of amides is 3. The number of β-amino-alcohol motifs (C(OH)–C–C–N with tert-alkyl or cyclic N) is 1. The lowest BCUT2D eigenvalue weighted by atomic mass is 9.94. The molecule has 3 N–H and O–H groups in total. The van der Waals surface area contributed by atoms with Crippen LogP contribution >= 0.6 is 21.4 Å². The Balaban J connectivity index is 0.000000151. The van der Waals surface area contributed by atoms with Crippen LogP contribution in [0.4, 0.5) is 48.5 Å². The SMILES string of the molecule is CC(C)(C)OC(=O)N1C[C@@H](N=[N+]=[N-])[C@H](O)[C@@H](N2c3ccccc3Oc3ccccc32)C1.CC(C)(C)OC(=O)N1C[C@@H]2OS(=O)O[C@@H]2[C@@H](N2c3ccccc3Oc3ccccc32)C1.CC(C)(C)OC(=O)N1C[C@H](O)[C@H](O)[C@@H](N2c3ccccc3Oc3ccccc32)C1.O=S(Cl)Cl. The summed E-state index contributed by atoms with van der Waals surface area (Å²) in [6, 6.07) is 43.1. The van der Waals surface area contributed by atoms with E-state index in [0.717, 1.165) is 34.1 Å². The van der Waals surface area contributed by atoms with Gasteiger partial charge in [0.2, 0.25) is 9.23 Å². The smallest absolute Gasteiger partial charge is 0.410 e. The van der Waals surface area contributed by atoms with Crippen molar-refractivity contribution in [3.8, 4) is 34.5 Å². The molecular formula is C66H75Cl2N9O16S2. The Kier molecular flexibility index (Phi) is 21.4. The van der Waals surface area contributed by atoms with Crippen molar-refractivity contribution in [1.82, 2.24) is 14.7 Å². The first-order chi connectivity index (χ1) is 45.1. The number of nitrogens with zero attached hydrogens (tertiary/aromatic N) is 9. The summed E-state index contributed by atoms with van der Waals surface area (Å²) >= 11 is -1.87. The highest BCUT2D eigenvalue weighted by molar-refractivity contribution is 8.26. The van der Waals surface area contributed by atoms with Gasteiger partial charge in [-0.1, -0.05) is 77.9 Å². The van der Waals surface area contributed by atoms with E-state index in [1.807, 2.05) is 176 Å². The number of carbonyl (C=O) groups is 3. The second-order valence-electron chi connectivity index (χ2n) is 26.0. The van der Waals surface area contributed by atoms with Crippen LogP contribution in [0.2, 0.25) is 0 Å². The molecule has 7 heterocycles. The molecule has 13 rings (SSSR count). The molecule has 0 aromatic heterocycles. The summed E-state index contributed by atoms with van der Waals surface area (Å²) in [7, 11) is 7.36. The van der Waals surface area contributed by atoms with Crippen LogP contribution in [0.25, 0.3) is 10.4 Å². The van der Waals surface area contributed by atoms with Gasteiger partial charge in [-0.3, -0.25) is 8.37 Å². The number of ether oxygens (including phenoxy) is 6. The molecule has 25 nitrogen and oxygen atoms in total.